The number of carbonyl (C=O) groups is 1. The average Bonchev–Trinajstić information content (AvgIpc) is 3.41. The number of rotatable bonds is 9. The van der Waals surface area contributed by atoms with E-state index in [0.717, 1.165) is 22.7 Å². The van der Waals surface area contributed by atoms with Gasteiger partial charge >= 0.3 is 6.03 Å². The van der Waals surface area contributed by atoms with E-state index in [9.17, 15) is 13.2 Å². The summed E-state index contributed by atoms with van der Waals surface area (Å²) >= 11 is 0. The molecule has 0 aliphatic carbocycles. The SMILES string of the molecule is [2H]C([2H])([2H])Oc1ccc(N2C(=O)N(c3ccc4nn(C)cc4c3)Cc3c(NCc4ccc(OC)cc4OC)nc(S(C)(=O)=O)nc32)cc1. The Bertz CT molecular complexity index is 2140. The van der Waals surface area contributed by atoms with Crippen molar-refractivity contribution in [2.75, 3.05) is 42.6 Å². The fourth-order valence-electron chi connectivity index (χ4n) is 5.11. The van der Waals surface area contributed by atoms with Gasteiger partial charge in [-0.05, 0) is 54.6 Å². The monoisotopic (exact) mass is 632 g/mol. The van der Waals surface area contributed by atoms with Crippen LogP contribution in [0.5, 0.6) is 17.2 Å². The second-order valence-electron chi connectivity index (χ2n) is 10.3. The van der Waals surface area contributed by atoms with Crippen molar-refractivity contribution >= 4 is 49.8 Å². The first-order valence-corrected chi connectivity index (χ1v) is 15.5. The van der Waals surface area contributed by atoms with E-state index in [1.807, 2.05) is 18.3 Å². The van der Waals surface area contributed by atoms with E-state index >= 15 is 0 Å². The van der Waals surface area contributed by atoms with E-state index in [0.29, 0.717) is 22.7 Å². The molecule has 14 heteroatoms. The second kappa shape index (κ2) is 11.6. The van der Waals surface area contributed by atoms with Crippen molar-refractivity contribution in [1.29, 1.82) is 0 Å². The Kier molecular flexibility index (Phi) is 6.73. The quantitative estimate of drug-likeness (QED) is 0.228. The molecule has 1 aliphatic rings. The number of anilines is 4. The van der Waals surface area contributed by atoms with E-state index in [1.54, 1.807) is 43.1 Å². The van der Waals surface area contributed by atoms with Crippen LogP contribution in [0, 0.1) is 0 Å². The molecule has 0 saturated heterocycles. The van der Waals surface area contributed by atoms with Crippen LogP contribution in [0.2, 0.25) is 0 Å². The number of methoxy groups -OCH3 is 3. The van der Waals surface area contributed by atoms with Gasteiger partial charge in [-0.2, -0.15) is 10.1 Å². The summed E-state index contributed by atoms with van der Waals surface area (Å²) in [6.45, 7) is 0.166. The number of carbonyl (C=O) groups excluding carboxylic acids is 1. The van der Waals surface area contributed by atoms with E-state index < -0.39 is 28.1 Å². The van der Waals surface area contributed by atoms with Crippen molar-refractivity contribution in [2.24, 2.45) is 7.05 Å². The number of hydrogen-bond acceptors (Lipinski definition) is 10. The molecule has 5 aromatic rings. The first-order chi connectivity index (χ1) is 22.7. The molecule has 1 N–H and O–H groups in total. The van der Waals surface area contributed by atoms with Crippen molar-refractivity contribution < 1.29 is 31.5 Å². The Balaban J connectivity index is 1.50. The molecular formula is C31H31N7O6S. The van der Waals surface area contributed by atoms with Gasteiger partial charge in [-0.15, -0.1) is 0 Å². The van der Waals surface area contributed by atoms with Crippen LogP contribution >= 0.6 is 0 Å². The van der Waals surface area contributed by atoms with Crippen LogP contribution in [-0.2, 0) is 30.0 Å². The molecule has 1 aliphatic heterocycles. The number of benzene rings is 3. The summed E-state index contributed by atoms with van der Waals surface area (Å²) in [4.78, 5) is 26.0. The number of fused-ring (bicyclic) bond motifs is 2. The van der Waals surface area contributed by atoms with Gasteiger partial charge in [-0.25, -0.2) is 23.1 Å². The van der Waals surface area contributed by atoms with Crippen molar-refractivity contribution in [3.05, 3.63) is 78.0 Å². The Hall–Kier alpha value is -5.37. The van der Waals surface area contributed by atoms with Crippen molar-refractivity contribution in [3.63, 3.8) is 0 Å². The number of aryl methyl sites for hydroxylation is 1. The number of ether oxygens (including phenoxy) is 3. The Morgan fingerprint density at radius 1 is 0.956 bits per heavy atom. The molecule has 0 radical (unpaired) electrons. The highest BCUT2D eigenvalue weighted by atomic mass is 32.2. The molecule has 232 valence electrons. The average molecular weight is 633 g/mol. The standard InChI is InChI=1S/C31H31N7O6S/c1-36-17-20-14-22(9-13-26(20)35-36)37-18-25-28(32-16-19-6-10-24(43-3)15-27(19)44-4)33-30(45(5,40)41)34-29(25)38(31(37)39)21-7-11-23(42-2)12-8-21/h6-15,17H,16,18H2,1-5H3,(H,32,33,34)/i2D3. The Morgan fingerprint density at radius 3 is 2.42 bits per heavy atom. The van der Waals surface area contributed by atoms with Gasteiger partial charge in [0.1, 0.15) is 23.1 Å². The molecule has 3 aromatic carbocycles. The molecular weight excluding hydrogens is 598 g/mol. The lowest BCUT2D eigenvalue weighted by Crippen LogP contribution is -2.46. The number of hydrogen-bond donors (Lipinski definition) is 1. The fraction of sp³-hybridized carbons (Fsp3) is 0.226. The molecule has 0 unspecified atom stereocenters. The van der Waals surface area contributed by atoms with Gasteiger partial charge in [0.25, 0.3) is 5.16 Å². The van der Waals surface area contributed by atoms with E-state index in [4.69, 9.17) is 18.3 Å². The number of urea groups is 1. The lowest BCUT2D eigenvalue weighted by Gasteiger charge is -2.37. The zero-order chi connectivity index (χ0) is 34.4. The van der Waals surface area contributed by atoms with Crippen LogP contribution in [0.25, 0.3) is 10.9 Å². The maximum absolute atomic E-state index is 14.4. The lowest BCUT2D eigenvalue weighted by atomic mass is 10.1. The summed E-state index contributed by atoms with van der Waals surface area (Å²) in [5, 5.41) is 7.98. The maximum atomic E-state index is 14.4. The third-order valence-electron chi connectivity index (χ3n) is 7.31. The highest BCUT2D eigenvalue weighted by Crippen LogP contribution is 2.40. The third-order valence-corrected chi connectivity index (χ3v) is 8.16. The van der Waals surface area contributed by atoms with Crippen molar-refractivity contribution in [1.82, 2.24) is 19.7 Å². The van der Waals surface area contributed by atoms with Crippen molar-refractivity contribution in [3.8, 4) is 17.2 Å². The molecule has 0 spiro atoms. The largest absolute Gasteiger partial charge is 0.497 e. The summed E-state index contributed by atoms with van der Waals surface area (Å²) in [6.07, 6.45) is 2.82. The van der Waals surface area contributed by atoms with Crippen LogP contribution < -0.4 is 29.3 Å². The first kappa shape index (κ1) is 26.1. The van der Waals surface area contributed by atoms with Gasteiger partial charge in [0.2, 0.25) is 9.84 Å². The minimum Gasteiger partial charge on any atom is -0.497 e. The van der Waals surface area contributed by atoms with Gasteiger partial charge in [0.15, 0.2) is 5.82 Å². The molecule has 45 heavy (non-hydrogen) atoms. The number of nitrogens with one attached hydrogen (secondary N) is 1. The van der Waals surface area contributed by atoms with E-state index in [2.05, 4.69) is 20.4 Å². The normalized spacial score (nSPS) is 14.4. The lowest BCUT2D eigenvalue weighted by molar-refractivity contribution is 0.252. The predicted molar refractivity (Wildman–Crippen MR) is 169 cm³/mol. The Morgan fingerprint density at radius 2 is 1.71 bits per heavy atom. The molecule has 0 fully saturated rings. The zero-order valence-electron chi connectivity index (χ0n) is 27.8. The zero-order valence-corrected chi connectivity index (χ0v) is 25.6. The molecule has 13 nitrogen and oxygen atoms in total. The summed E-state index contributed by atoms with van der Waals surface area (Å²) in [7, 11) is -1.75. The fourth-order valence-corrected chi connectivity index (χ4v) is 5.62. The minimum absolute atomic E-state index is 0.0111. The smallest absolute Gasteiger partial charge is 0.335 e. The number of sulfone groups is 1. The number of aromatic nitrogens is 4. The van der Waals surface area contributed by atoms with Crippen LogP contribution in [0.15, 0.2) is 72.0 Å². The summed E-state index contributed by atoms with van der Waals surface area (Å²) < 4.78 is 65.5. The Labute approximate surface area is 264 Å². The summed E-state index contributed by atoms with van der Waals surface area (Å²) in [6, 6.07) is 16.0. The van der Waals surface area contributed by atoms with Crippen LogP contribution in [0.3, 0.4) is 0 Å². The van der Waals surface area contributed by atoms with Crippen LogP contribution in [-0.4, -0.2) is 61.7 Å². The maximum Gasteiger partial charge on any atom is 0.335 e. The topological polar surface area (TPSA) is 141 Å². The molecule has 3 heterocycles. The summed E-state index contributed by atoms with van der Waals surface area (Å²) in [5.41, 5.74) is 2.74. The van der Waals surface area contributed by atoms with Crippen molar-refractivity contribution in [2.45, 2.75) is 18.2 Å². The van der Waals surface area contributed by atoms with E-state index in [1.165, 1.54) is 41.2 Å². The van der Waals surface area contributed by atoms with Crippen LogP contribution in [0.1, 0.15) is 15.2 Å². The summed E-state index contributed by atoms with van der Waals surface area (Å²) in [5.74, 6) is 1.42. The van der Waals surface area contributed by atoms with Gasteiger partial charge < -0.3 is 19.5 Å². The third kappa shape index (κ3) is 5.67. The molecule has 2 amide bonds. The molecule has 0 bridgehead atoms. The van der Waals surface area contributed by atoms with Crippen LogP contribution in [0.4, 0.5) is 27.8 Å². The minimum atomic E-state index is -3.95. The van der Waals surface area contributed by atoms with Gasteiger partial charge in [0, 0.05) is 48.7 Å². The first-order valence-electron chi connectivity index (χ1n) is 15.1. The molecule has 0 saturated carbocycles. The second-order valence-corrected chi connectivity index (χ2v) is 12.2. The predicted octanol–water partition coefficient (Wildman–Crippen LogP) is 4.68. The molecule has 2 aromatic heterocycles. The molecule has 0 atom stereocenters. The molecule has 6 rings (SSSR count). The van der Waals surface area contributed by atoms with Gasteiger partial charge in [-0.1, -0.05) is 0 Å². The van der Waals surface area contributed by atoms with E-state index in [-0.39, 0.29) is 36.2 Å². The van der Waals surface area contributed by atoms with Gasteiger partial charge in [-0.3, -0.25) is 9.58 Å². The number of nitrogens with zero attached hydrogens (tertiary/aromatic N) is 6. The number of amides is 2. The van der Waals surface area contributed by atoms with Gasteiger partial charge in [0.05, 0.1) is 48.7 Å². The highest BCUT2D eigenvalue weighted by Gasteiger charge is 2.37. The highest BCUT2D eigenvalue weighted by molar-refractivity contribution is 7.90.